The Morgan fingerprint density at radius 3 is 1.70 bits per heavy atom. The number of aryl methyl sites for hydroxylation is 2. The molecule has 0 aliphatic heterocycles. The van der Waals surface area contributed by atoms with Crippen LogP contribution in [0.5, 0.6) is 5.75 Å². The van der Waals surface area contributed by atoms with Gasteiger partial charge in [-0.15, -0.1) is 0 Å². The number of hydrogen-bond donors (Lipinski definition) is 3. The Hall–Kier alpha value is -2.04. The van der Waals surface area contributed by atoms with Gasteiger partial charge >= 0.3 is 11.9 Å². The molecule has 0 aromatic heterocycles. The maximum atomic E-state index is 11.2. The topological polar surface area (TPSA) is 94.8 Å². The molecule has 0 atom stereocenters. The molecule has 5 nitrogen and oxygen atoms in total. The number of benzene rings is 1. The molecule has 2 aliphatic carbocycles. The Morgan fingerprint density at radius 1 is 0.778 bits per heavy atom. The van der Waals surface area contributed by atoms with E-state index in [9.17, 15) is 24.9 Å². The Balaban J connectivity index is 1.45. The normalized spacial score (nSPS) is 18.8. The van der Waals surface area contributed by atoms with Gasteiger partial charge in [-0.3, -0.25) is 9.59 Å². The van der Waals surface area contributed by atoms with E-state index in [2.05, 4.69) is 0 Å². The maximum Gasteiger partial charge on any atom is 0.309 e. The first kappa shape index (κ1) is 19.7. The molecular weight excluding hydrogens is 344 g/mol. The van der Waals surface area contributed by atoms with Crippen molar-refractivity contribution >= 4 is 11.9 Å². The first-order valence-electron chi connectivity index (χ1n) is 10.1. The summed E-state index contributed by atoms with van der Waals surface area (Å²) in [5, 5.41) is 28.3. The van der Waals surface area contributed by atoms with Crippen molar-refractivity contribution in [2.75, 3.05) is 0 Å². The molecule has 1 aromatic carbocycles. The van der Waals surface area contributed by atoms with Crippen molar-refractivity contribution in [3.8, 4) is 5.75 Å². The van der Waals surface area contributed by atoms with Crippen molar-refractivity contribution in [3.05, 3.63) is 29.3 Å². The number of carbonyl (C=O) groups is 2. The summed E-state index contributed by atoms with van der Waals surface area (Å²) in [7, 11) is 0. The van der Waals surface area contributed by atoms with E-state index in [-0.39, 0.29) is 5.75 Å². The number of hydrogen-bond acceptors (Lipinski definition) is 3. The van der Waals surface area contributed by atoms with Crippen LogP contribution < -0.4 is 0 Å². The zero-order chi connectivity index (χ0) is 19.5. The molecule has 3 N–H and O–H groups in total. The van der Waals surface area contributed by atoms with Gasteiger partial charge in [0.05, 0.1) is 10.8 Å². The lowest BCUT2D eigenvalue weighted by molar-refractivity contribution is -0.144. The number of aliphatic carboxylic acids is 2. The van der Waals surface area contributed by atoms with Crippen molar-refractivity contribution < 1.29 is 24.9 Å². The monoisotopic (exact) mass is 374 g/mol. The van der Waals surface area contributed by atoms with E-state index in [1.165, 1.54) is 5.56 Å². The van der Waals surface area contributed by atoms with Gasteiger partial charge in [-0.1, -0.05) is 18.9 Å². The van der Waals surface area contributed by atoms with Gasteiger partial charge in [0.2, 0.25) is 0 Å². The molecule has 0 radical (unpaired) electrons. The van der Waals surface area contributed by atoms with Crippen LogP contribution in [0.4, 0.5) is 0 Å². The molecule has 1 aromatic rings. The summed E-state index contributed by atoms with van der Waals surface area (Å²) in [4.78, 5) is 22.5. The Morgan fingerprint density at radius 2 is 1.26 bits per heavy atom. The average molecular weight is 374 g/mol. The van der Waals surface area contributed by atoms with Gasteiger partial charge in [0.15, 0.2) is 0 Å². The van der Waals surface area contributed by atoms with Crippen LogP contribution in [0.15, 0.2) is 18.2 Å². The summed E-state index contributed by atoms with van der Waals surface area (Å²) in [5.74, 6) is -1.04. The predicted octanol–water partition coefficient (Wildman–Crippen LogP) is 4.55. The highest BCUT2D eigenvalue weighted by Gasteiger charge is 2.49. The average Bonchev–Trinajstić information content (AvgIpc) is 3.52. The molecule has 27 heavy (non-hydrogen) atoms. The van der Waals surface area contributed by atoms with Crippen LogP contribution >= 0.6 is 0 Å². The second kappa shape index (κ2) is 7.91. The van der Waals surface area contributed by atoms with E-state index < -0.39 is 22.8 Å². The quantitative estimate of drug-likeness (QED) is 0.467. The minimum atomic E-state index is -0.657. The SMILES string of the molecule is O=C(O)C1(CCCCc2ccc(O)cc2CCCCC2(C(=O)O)CC2)CC1. The molecule has 2 aliphatic rings. The van der Waals surface area contributed by atoms with Crippen LogP contribution in [0.1, 0.15) is 75.3 Å². The summed E-state index contributed by atoms with van der Waals surface area (Å²) in [6.07, 6.45) is 10.1. The first-order valence-corrected chi connectivity index (χ1v) is 10.1. The van der Waals surface area contributed by atoms with Crippen molar-refractivity contribution in [2.45, 2.75) is 77.0 Å². The van der Waals surface area contributed by atoms with Gasteiger partial charge in [0.1, 0.15) is 5.75 Å². The van der Waals surface area contributed by atoms with Crippen LogP contribution in [-0.2, 0) is 22.4 Å². The van der Waals surface area contributed by atoms with Crippen LogP contribution in [-0.4, -0.2) is 27.3 Å². The summed E-state index contributed by atoms with van der Waals surface area (Å²) in [6.45, 7) is 0. The van der Waals surface area contributed by atoms with Crippen LogP contribution in [0.25, 0.3) is 0 Å². The molecule has 5 heteroatoms. The lowest BCUT2D eigenvalue weighted by atomic mass is 9.93. The third-order valence-electron chi connectivity index (χ3n) is 6.51. The van der Waals surface area contributed by atoms with Gasteiger partial charge in [0.25, 0.3) is 0 Å². The zero-order valence-corrected chi connectivity index (χ0v) is 15.9. The molecule has 0 spiro atoms. The highest BCUT2D eigenvalue weighted by Crippen LogP contribution is 2.50. The first-order chi connectivity index (χ1) is 12.9. The third kappa shape index (κ3) is 4.82. The van der Waals surface area contributed by atoms with Crippen molar-refractivity contribution in [3.63, 3.8) is 0 Å². The second-order valence-corrected chi connectivity index (χ2v) is 8.54. The predicted molar refractivity (Wildman–Crippen MR) is 102 cm³/mol. The summed E-state index contributed by atoms with van der Waals surface area (Å²) >= 11 is 0. The molecule has 2 saturated carbocycles. The van der Waals surface area contributed by atoms with Crippen LogP contribution in [0.3, 0.4) is 0 Å². The van der Waals surface area contributed by atoms with E-state index in [1.54, 1.807) is 6.07 Å². The third-order valence-corrected chi connectivity index (χ3v) is 6.51. The fourth-order valence-corrected chi connectivity index (χ4v) is 4.09. The van der Waals surface area contributed by atoms with Crippen molar-refractivity contribution in [2.24, 2.45) is 10.8 Å². The Labute approximate surface area is 160 Å². The van der Waals surface area contributed by atoms with Gasteiger partial charge in [-0.25, -0.2) is 0 Å². The number of carboxylic acids is 2. The van der Waals surface area contributed by atoms with Gasteiger partial charge in [-0.2, -0.15) is 0 Å². The van der Waals surface area contributed by atoms with Crippen LogP contribution in [0.2, 0.25) is 0 Å². The van der Waals surface area contributed by atoms with Crippen molar-refractivity contribution in [1.29, 1.82) is 0 Å². The number of rotatable bonds is 12. The molecule has 0 amide bonds. The minimum absolute atomic E-state index is 0.265. The summed E-state index contributed by atoms with van der Waals surface area (Å²) < 4.78 is 0. The summed E-state index contributed by atoms with van der Waals surface area (Å²) in [6, 6.07) is 5.50. The van der Waals surface area contributed by atoms with Gasteiger partial charge in [-0.05, 0) is 87.5 Å². The van der Waals surface area contributed by atoms with Gasteiger partial charge in [0, 0.05) is 0 Å². The minimum Gasteiger partial charge on any atom is -0.508 e. The molecule has 0 saturated heterocycles. The number of aromatic hydroxyl groups is 1. The van der Waals surface area contributed by atoms with E-state index in [0.29, 0.717) is 0 Å². The van der Waals surface area contributed by atoms with E-state index in [4.69, 9.17) is 0 Å². The lowest BCUT2D eigenvalue weighted by Gasteiger charge is -2.13. The zero-order valence-electron chi connectivity index (χ0n) is 15.9. The number of carboxylic acid groups (broad SMARTS) is 2. The standard InChI is InChI=1S/C22H30O5/c23-18-8-7-16(5-1-3-9-21(11-12-21)19(24)25)17(15-18)6-2-4-10-22(13-14-22)20(26)27/h7-8,15,23H,1-6,9-14H2,(H,24,25)(H,26,27). The number of phenolic OH excluding ortho intramolecular Hbond substituents is 1. The fraction of sp³-hybridized carbons (Fsp3) is 0.636. The Kier molecular flexibility index (Phi) is 5.78. The molecule has 148 valence electrons. The highest BCUT2D eigenvalue weighted by molar-refractivity contribution is 5.78. The van der Waals surface area contributed by atoms with Crippen LogP contribution in [0, 0.1) is 10.8 Å². The molecule has 0 unspecified atom stereocenters. The fourth-order valence-electron chi connectivity index (χ4n) is 4.09. The largest absolute Gasteiger partial charge is 0.508 e. The van der Waals surface area contributed by atoms with E-state index >= 15 is 0 Å². The molecule has 0 bridgehead atoms. The number of phenols is 1. The summed E-state index contributed by atoms with van der Waals surface area (Å²) in [5.41, 5.74) is 1.45. The maximum absolute atomic E-state index is 11.2. The van der Waals surface area contributed by atoms with E-state index in [0.717, 1.165) is 82.6 Å². The molecule has 3 rings (SSSR count). The molecule has 0 heterocycles. The molecular formula is C22H30O5. The van der Waals surface area contributed by atoms with Crippen molar-refractivity contribution in [1.82, 2.24) is 0 Å². The van der Waals surface area contributed by atoms with Gasteiger partial charge < -0.3 is 15.3 Å². The van der Waals surface area contributed by atoms with E-state index in [1.807, 2.05) is 12.1 Å². The molecule has 2 fully saturated rings. The second-order valence-electron chi connectivity index (χ2n) is 8.54. The highest BCUT2D eigenvalue weighted by atomic mass is 16.4. The smallest absolute Gasteiger partial charge is 0.309 e. The lowest BCUT2D eigenvalue weighted by Crippen LogP contribution is -2.14. The number of unbranched alkanes of at least 4 members (excludes halogenated alkanes) is 2. The Bertz CT molecular complexity index is 701.